The van der Waals surface area contributed by atoms with Crippen molar-refractivity contribution < 1.29 is 0 Å². The highest BCUT2D eigenvalue weighted by molar-refractivity contribution is 9.10. The van der Waals surface area contributed by atoms with Crippen molar-refractivity contribution in [3.63, 3.8) is 0 Å². The number of benzene rings is 1. The van der Waals surface area contributed by atoms with Crippen LogP contribution in [0.2, 0.25) is 0 Å². The highest BCUT2D eigenvalue weighted by Gasteiger charge is 2.07. The molecule has 0 saturated heterocycles. The van der Waals surface area contributed by atoms with E-state index in [1.807, 2.05) is 29.1 Å². The lowest BCUT2D eigenvalue weighted by Crippen LogP contribution is -1.99. The number of nitrogens with zero attached hydrogens (tertiary/aromatic N) is 4. The maximum Gasteiger partial charge on any atom is 0.181 e. The Kier molecular flexibility index (Phi) is 2.90. The number of rotatable bonds is 2. The molecule has 0 amide bonds. The molecule has 0 fully saturated rings. The summed E-state index contributed by atoms with van der Waals surface area (Å²) in [6.07, 6.45) is 1.81. The van der Waals surface area contributed by atoms with Gasteiger partial charge in [-0.05, 0) is 45.8 Å². The summed E-state index contributed by atoms with van der Waals surface area (Å²) in [4.78, 5) is 13.1. The SMILES string of the molecule is Nc1nc2ccc(Cn3cnc4ccc(Br)nc43)cc2s1. The fourth-order valence-corrected chi connectivity index (χ4v) is 3.41. The van der Waals surface area contributed by atoms with E-state index in [1.54, 1.807) is 0 Å². The van der Waals surface area contributed by atoms with Crippen LogP contribution in [0, 0.1) is 0 Å². The summed E-state index contributed by atoms with van der Waals surface area (Å²) in [6.45, 7) is 0.716. The molecule has 3 heterocycles. The number of anilines is 1. The standard InChI is InChI=1S/C14H10BrN5S/c15-12-4-3-10-13(19-12)20(7-17-10)6-8-1-2-9-11(5-8)21-14(16)18-9/h1-5,7H,6H2,(H2,16,18). The molecule has 0 unspecified atom stereocenters. The molecule has 2 N–H and O–H groups in total. The van der Waals surface area contributed by atoms with Crippen LogP contribution in [0.25, 0.3) is 21.4 Å². The molecular weight excluding hydrogens is 350 g/mol. The van der Waals surface area contributed by atoms with Crippen molar-refractivity contribution in [3.8, 4) is 0 Å². The second kappa shape index (κ2) is 4.78. The Labute approximate surface area is 132 Å². The predicted molar refractivity (Wildman–Crippen MR) is 88.4 cm³/mol. The molecule has 0 bridgehead atoms. The van der Waals surface area contributed by atoms with Crippen molar-refractivity contribution >= 4 is 53.8 Å². The molecule has 0 saturated carbocycles. The zero-order valence-corrected chi connectivity index (χ0v) is 13.2. The van der Waals surface area contributed by atoms with Gasteiger partial charge in [-0.15, -0.1) is 0 Å². The summed E-state index contributed by atoms with van der Waals surface area (Å²) in [5.74, 6) is 0. The van der Waals surface area contributed by atoms with Crippen LogP contribution in [0.4, 0.5) is 5.13 Å². The molecule has 5 nitrogen and oxygen atoms in total. The maximum absolute atomic E-state index is 5.74. The number of imidazole rings is 1. The lowest BCUT2D eigenvalue weighted by Gasteiger charge is -2.04. The van der Waals surface area contributed by atoms with Gasteiger partial charge < -0.3 is 10.3 Å². The lowest BCUT2D eigenvalue weighted by atomic mass is 10.2. The van der Waals surface area contributed by atoms with Crippen LogP contribution in [0.15, 0.2) is 41.3 Å². The summed E-state index contributed by atoms with van der Waals surface area (Å²) in [5, 5.41) is 0.598. The number of hydrogen-bond acceptors (Lipinski definition) is 5. The number of fused-ring (bicyclic) bond motifs is 2. The number of nitrogen functional groups attached to an aromatic ring is 1. The van der Waals surface area contributed by atoms with E-state index in [2.05, 4.69) is 43.0 Å². The molecule has 0 atom stereocenters. The molecule has 4 rings (SSSR count). The number of aromatic nitrogens is 4. The Hall–Kier alpha value is -1.99. The maximum atomic E-state index is 5.74. The van der Waals surface area contributed by atoms with Crippen LogP contribution in [-0.4, -0.2) is 19.5 Å². The third-order valence-corrected chi connectivity index (χ3v) is 4.54. The van der Waals surface area contributed by atoms with Crippen molar-refractivity contribution in [3.05, 3.63) is 46.8 Å². The summed E-state index contributed by atoms with van der Waals surface area (Å²) in [5.41, 5.74) is 9.62. The van der Waals surface area contributed by atoms with E-state index in [0.717, 1.165) is 26.0 Å². The summed E-state index contributed by atoms with van der Waals surface area (Å²) >= 11 is 4.90. The van der Waals surface area contributed by atoms with Crippen LogP contribution < -0.4 is 5.73 Å². The predicted octanol–water partition coefficient (Wildman–Crippen LogP) is 3.43. The molecule has 0 aliphatic carbocycles. The topological polar surface area (TPSA) is 69.6 Å². The molecule has 1 aromatic carbocycles. The van der Waals surface area contributed by atoms with Crippen molar-refractivity contribution in [1.29, 1.82) is 0 Å². The van der Waals surface area contributed by atoms with Crippen LogP contribution >= 0.6 is 27.3 Å². The minimum Gasteiger partial charge on any atom is -0.375 e. The average Bonchev–Trinajstić information content (AvgIpc) is 3.01. The molecule has 21 heavy (non-hydrogen) atoms. The Bertz CT molecular complexity index is 958. The molecule has 7 heteroatoms. The van der Waals surface area contributed by atoms with E-state index in [0.29, 0.717) is 11.7 Å². The van der Waals surface area contributed by atoms with E-state index in [-0.39, 0.29) is 0 Å². The first kappa shape index (κ1) is 12.7. The second-order valence-electron chi connectivity index (χ2n) is 4.70. The molecule has 0 radical (unpaired) electrons. The number of hydrogen-bond donors (Lipinski definition) is 1. The van der Waals surface area contributed by atoms with Gasteiger partial charge in [0, 0.05) is 0 Å². The van der Waals surface area contributed by atoms with Gasteiger partial charge in [0.2, 0.25) is 0 Å². The van der Waals surface area contributed by atoms with E-state index in [1.165, 1.54) is 16.9 Å². The van der Waals surface area contributed by atoms with E-state index >= 15 is 0 Å². The van der Waals surface area contributed by atoms with Crippen molar-refractivity contribution in [2.45, 2.75) is 6.54 Å². The van der Waals surface area contributed by atoms with Gasteiger partial charge in [-0.2, -0.15) is 0 Å². The minimum absolute atomic E-state index is 0.598. The molecule has 0 spiro atoms. The van der Waals surface area contributed by atoms with E-state index in [9.17, 15) is 0 Å². The van der Waals surface area contributed by atoms with Gasteiger partial charge in [0.25, 0.3) is 0 Å². The average molecular weight is 360 g/mol. The largest absolute Gasteiger partial charge is 0.375 e. The molecule has 0 aliphatic rings. The number of pyridine rings is 1. The Balaban J connectivity index is 1.76. The van der Waals surface area contributed by atoms with Crippen molar-refractivity contribution in [2.24, 2.45) is 0 Å². The Morgan fingerprint density at radius 1 is 1.14 bits per heavy atom. The number of nitrogens with two attached hydrogens (primary N) is 1. The summed E-state index contributed by atoms with van der Waals surface area (Å²) in [7, 11) is 0. The lowest BCUT2D eigenvalue weighted by molar-refractivity contribution is 0.814. The minimum atomic E-state index is 0.598. The van der Waals surface area contributed by atoms with E-state index < -0.39 is 0 Å². The van der Waals surface area contributed by atoms with Crippen molar-refractivity contribution in [1.82, 2.24) is 19.5 Å². The molecule has 3 aromatic heterocycles. The van der Waals surface area contributed by atoms with Crippen LogP contribution in [0.3, 0.4) is 0 Å². The van der Waals surface area contributed by atoms with Gasteiger partial charge >= 0.3 is 0 Å². The first-order valence-corrected chi connectivity index (χ1v) is 7.92. The Morgan fingerprint density at radius 2 is 2.00 bits per heavy atom. The molecule has 104 valence electrons. The van der Waals surface area contributed by atoms with Crippen LogP contribution in [-0.2, 0) is 6.54 Å². The van der Waals surface area contributed by atoms with Gasteiger partial charge in [0.15, 0.2) is 10.8 Å². The smallest absolute Gasteiger partial charge is 0.181 e. The van der Waals surface area contributed by atoms with Gasteiger partial charge in [-0.3, -0.25) is 0 Å². The first-order chi connectivity index (χ1) is 10.2. The fourth-order valence-electron chi connectivity index (χ4n) is 2.31. The van der Waals surface area contributed by atoms with Crippen LogP contribution in [0.1, 0.15) is 5.56 Å². The fraction of sp³-hybridized carbons (Fsp3) is 0.0714. The highest BCUT2D eigenvalue weighted by atomic mass is 79.9. The zero-order chi connectivity index (χ0) is 14.4. The monoisotopic (exact) mass is 359 g/mol. The third-order valence-electron chi connectivity index (χ3n) is 3.25. The molecule has 0 aliphatic heterocycles. The highest BCUT2D eigenvalue weighted by Crippen LogP contribution is 2.25. The van der Waals surface area contributed by atoms with Crippen LogP contribution in [0.5, 0.6) is 0 Å². The summed E-state index contributed by atoms with van der Waals surface area (Å²) in [6, 6.07) is 10.0. The molecule has 4 aromatic rings. The Morgan fingerprint density at radius 3 is 2.90 bits per heavy atom. The normalized spacial score (nSPS) is 11.5. The third kappa shape index (κ3) is 2.28. The zero-order valence-electron chi connectivity index (χ0n) is 10.8. The molecular formula is C14H10BrN5S. The number of thiazole rings is 1. The van der Waals surface area contributed by atoms with E-state index in [4.69, 9.17) is 5.73 Å². The van der Waals surface area contributed by atoms with Gasteiger partial charge in [-0.1, -0.05) is 17.4 Å². The van der Waals surface area contributed by atoms with Gasteiger partial charge in [0.1, 0.15) is 10.1 Å². The second-order valence-corrected chi connectivity index (χ2v) is 6.58. The van der Waals surface area contributed by atoms with Crippen molar-refractivity contribution in [2.75, 3.05) is 5.73 Å². The first-order valence-electron chi connectivity index (χ1n) is 6.31. The quantitative estimate of drug-likeness (QED) is 0.556. The number of halogens is 1. The van der Waals surface area contributed by atoms with Gasteiger partial charge in [0.05, 0.1) is 23.1 Å². The summed E-state index contributed by atoms with van der Waals surface area (Å²) < 4.78 is 3.94. The van der Waals surface area contributed by atoms with Gasteiger partial charge in [-0.25, -0.2) is 15.0 Å².